The molecule has 4 nitrogen and oxygen atoms in total. The van der Waals surface area contributed by atoms with E-state index in [-0.39, 0.29) is 17.7 Å². The summed E-state index contributed by atoms with van der Waals surface area (Å²) in [5.74, 6) is -0.267. The molecule has 1 saturated heterocycles. The lowest BCUT2D eigenvalue weighted by Crippen LogP contribution is -2.38. The molecule has 0 unspecified atom stereocenters. The molecule has 118 valence electrons. The van der Waals surface area contributed by atoms with E-state index in [0.29, 0.717) is 29.7 Å². The quantitative estimate of drug-likeness (QED) is 0.927. The van der Waals surface area contributed by atoms with Crippen LogP contribution in [0.15, 0.2) is 24.3 Å². The van der Waals surface area contributed by atoms with Crippen LogP contribution in [-0.4, -0.2) is 29.3 Å². The maximum Gasteiger partial charge on any atom is 0.229 e. The van der Waals surface area contributed by atoms with E-state index in [2.05, 4.69) is 5.32 Å². The smallest absolute Gasteiger partial charge is 0.229 e. The summed E-state index contributed by atoms with van der Waals surface area (Å²) in [7, 11) is 0. The second-order valence-corrected chi connectivity index (χ2v) is 6.62. The molecule has 2 fully saturated rings. The number of hydrogen-bond donors (Lipinski definition) is 1. The van der Waals surface area contributed by atoms with Crippen molar-refractivity contribution in [3.05, 3.63) is 29.3 Å². The van der Waals surface area contributed by atoms with Gasteiger partial charge >= 0.3 is 0 Å². The van der Waals surface area contributed by atoms with Crippen LogP contribution in [0.1, 0.15) is 38.5 Å². The number of carbonyl (C=O) groups excluding carboxylic acids is 2. The molecule has 2 amide bonds. The average Bonchev–Trinajstić information content (AvgIpc) is 2.92. The fourth-order valence-electron chi connectivity index (χ4n) is 3.45. The fourth-order valence-corrected chi connectivity index (χ4v) is 3.63. The molecule has 3 rings (SSSR count). The predicted molar refractivity (Wildman–Crippen MR) is 86.8 cm³/mol. The summed E-state index contributed by atoms with van der Waals surface area (Å²) < 4.78 is 0. The van der Waals surface area contributed by atoms with Crippen molar-refractivity contribution in [2.24, 2.45) is 5.92 Å². The van der Waals surface area contributed by atoms with Crippen molar-refractivity contribution in [1.82, 2.24) is 4.90 Å². The SMILES string of the molecule is O=C(Nc1ccccc1Cl)[C@H]1CC(=O)N(C2CCCCC2)C1. The van der Waals surface area contributed by atoms with Gasteiger partial charge in [0.25, 0.3) is 0 Å². The molecule has 1 heterocycles. The molecular formula is C17H21ClN2O2. The minimum atomic E-state index is -0.273. The van der Waals surface area contributed by atoms with E-state index < -0.39 is 0 Å². The van der Waals surface area contributed by atoms with Crippen LogP contribution in [0.5, 0.6) is 0 Å². The van der Waals surface area contributed by atoms with Crippen molar-refractivity contribution < 1.29 is 9.59 Å². The first-order valence-corrected chi connectivity index (χ1v) is 8.38. The summed E-state index contributed by atoms with van der Waals surface area (Å²) in [6, 6.07) is 7.50. The Hall–Kier alpha value is -1.55. The molecule has 1 aliphatic carbocycles. The summed E-state index contributed by atoms with van der Waals surface area (Å²) in [4.78, 5) is 26.5. The Bertz CT molecular complexity index is 570. The Morgan fingerprint density at radius 1 is 1.18 bits per heavy atom. The molecule has 1 N–H and O–H groups in total. The highest BCUT2D eigenvalue weighted by atomic mass is 35.5. The van der Waals surface area contributed by atoms with Gasteiger partial charge in [-0.1, -0.05) is 43.0 Å². The van der Waals surface area contributed by atoms with Crippen LogP contribution >= 0.6 is 11.6 Å². The minimum Gasteiger partial charge on any atom is -0.339 e. The van der Waals surface area contributed by atoms with Gasteiger partial charge in [0.05, 0.1) is 16.6 Å². The number of carbonyl (C=O) groups is 2. The fraction of sp³-hybridized carbons (Fsp3) is 0.529. The van der Waals surface area contributed by atoms with E-state index in [0.717, 1.165) is 12.8 Å². The third-order valence-corrected chi connectivity index (χ3v) is 5.01. The van der Waals surface area contributed by atoms with Gasteiger partial charge in [-0.3, -0.25) is 9.59 Å². The van der Waals surface area contributed by atoms with Crippen LogP contribution in [0, 0.1) is 5.92 Å². The van der Waals surface area contributed by atoms with Crippen LogP contribution < -0.4 is 5.32 Å². The van der Waals surface area contributed by atoms with Crippen LogP contribution in [0.25, 0.3) is 0 Å². The Morgan fingerprint density at radius 3 is 2.64 bits per heavy atom. The molecule has 1 saturated carbocycles. The number of nitrogens with one attached hydrogen (secondary N) is 1. The third-order valence-electron chi connectivity index (χ3n) is 4.68. The molecule has 0 spiro atoms. The lowest BCUT2D eigenvalue weighted by molar-refractivity contribution is -0.130. The molecule has 1 aromatic carbocycles. The molecule has 1 atom stereocenters. The molecule has 1 aliphatic heterocycles. The molecular weight excluding hydrogens is 300 g/mol. The van der Waals surface area contributed by atoms with Crippen molar-refractivity contribution >= 4 is 29.1 Å². The number of nitrogens with zero attached hydrogens (tertiary/aromatic N) is 1. The number of anilines is 1. The second-order valence-electron chi connectivity index (χ2n) is 6.21. The van der Waals surface area contributed by atoms with Crippen LogP contribution in [0.4, 0.5) is 5.69 Å². The Labute approximate surface area is 135 Å². The molecule has 0 aromatic heterocycles. The summed E-state index contributed by atoms with van der Waals surface area (Å²) in [5.41, 5.74) is 0.609. The number of rotatable bonds is 3. The maximum atomic E-state index is 12.4. The van der Waals surface area contributed by atoms with Crippen molar-refractivity contribution in [3.63, 3.8) is 0 Å². The van der Waals surface area contributed by atoms with Crippen molar-refractivity contribution in [2.45, 2.75) is 44.6 Å². The van der Waals surface area contributed by atoms with E-state index in [4.69, 9.17) is 11.6 Å². The average molecular weight is 321 g/mol. The predicted octanol–water partition coefficient (Wildman–Crippen LogP) is 3.46. The largest absolute Gasteiger partial charge is 0.339 e. The molecule has 22 heavy (non-hydrogen) atoms. The number of hydrogen-bond acceptors (Lipinski definition) is 2. The first-order chi connectivity index (χ1) is 10.6. The van der Waals surface area contributed by atoms with Crippen molar-refractivity contribution in [2.75, 3.05) is 11.9 Å². The number of benzene rings is 1. The molecule has 0 bridgehead atoms. The highest BCUT2D eigenvalue weighted by Crippen LogP contribution is 2.29. The number of amides is 2. The lowest BCUT2D eigenvalue weighted by Gasteiger charge is -2.31. The Morgan fingerprint density at radius 2 is 1.91 bits per heavy atom. The van der Waals surface area contributed by atoms with Crippen LogP contribution in [0.2, 0.25) is 5.02 Å². The van der Waals surface area contributed by atoms with Gasteiger partial charge in [0.15, 0.2) is 0 Å². The van der Waals surface area contributed by atoms with Gasteiger partial charge in [0.2, 0.25) is 11.8 Å². The van der Waals surface area contributed by atoms with Crippen molar-refractivity contribution in [1.29, 1.82) is 0 Å². The zero-order valence-corrected chi connectivity index (χ0v) is 13.3. The zero-order chi connectivity index (χ0) is 15.5. The molecule has 0 radical (unpaired) electrons. The summed E-state index contributed by atoms with van der Waals surface area (Å²) in [6.07, 6.45) is 6.09. The van der Waals surface area contributed by atoms with Crippen molar-refractivity contribution in [3.8, 4) is 0 Å². The van der Waals surface area contributed by atoms with Crippen LogP contribution in [-0.2, 0) is 9.59 Å². The van der Waals surface area contributed by atoms with Gasteiger partial charge in [-0.25, -0.2) is 0 Å². The van der Waals surface area contributed by atoms with Gasteiger partial charge in [0.1, 0.15) is 0 Å². The van der Waals surface area contributed by atoms with Gasteiger partial charge in [-0.05, 0) is 25.0 Å². The molecule has 1 aromatic rings. The monoisotopic (exact) mass is 320 g/mol. The zero-order valence-electron chi connectivity index (χ0n) is 12.6. The number of halogens is 1. The standard InChI is InChI=1S/C17H21ClN2O2/c18-14-8-4-5-9-15(14)19-17(22)12-10-16(21)20(11-12)13-6-2-1-3-7-13/h4-5,8-9,12-13H,1-3,6-7,10-11H2,(H,19,22)/t12-/m0/s1. The van der Waals surface area contributed by atoms with Gasteiger partial charge in [-0.15, -0.1) is 0 Å². The summed E-state index contributed by atoms with van der Waals surface area (Å²) in [5, 5.41) is 3.36. The van der Waals surface area contributed by atoms with Gasteiger partial charge in [-0.2, -0.15) is 0 Å². The Balaban J connectivity index is 1.62. The topological polar surface area (TPSA) is 49.4 Å². The van der Waals surface area contributed by atoms with Gasteiger partial charge in [0, 0.05) is 19.0 Å². The lowest BCUT2D eigenvalue weighted by atomic mass is 9.94. The van der Waals surface area contributed by atoms with Gasteiger partial charge < -0.3 is 10.2 Å². The van der Waals surface area contributed by atoms with Crippen LogP contribution in [0.3, 0.4) is 0 Å². The summed E-state index contributed by atoms with van der Waals surface area (Å²) >= 11 is 6.06. The first kappa shape index (κ1) is 15.3. The van der Waals surface area contributed by atoms with E-state index >= 15 is 0 Å². The second kappa shape index (κ2) is 6.69. The minimum absolute atomic E-state index is 0.111. The van der Waals surface area contributed by atoms with E-state index in [1.54, 1.807) is 12.1 Å². The van der Waals surface area contributed by atoms with E-state index in [1.807, 2.05) is 17.0 Å². The normalized spacial score (nSPS) is 22.9. The highest BCUT2D eigenvalue weighted by molar-refractivity contribution is 6.33. The maximum absolute atomic E-state index is 12.4. The summed E-state index contributed by atoms with van der Waals surface area (Å²) in [6.45, 7) is 0.541. The number of likely N-dealkylation sites (tertiary alicyclic amines) is 1. The van der Waals surface area contributed by atoms with E-state index in [1.165, 1.54) is 19.3 Å². The molecule has 5 heteroatoms. The first-order valence-electron chi connectivity index (χ1n) is 8.00. The Kier molecular flexibility index (Phi) is 4.67. The molecule has 2 aliphatic rings. The number of para-hydroxylation sites is 1. The van der Waals surface area contributed by atoms with E-state index in [9.17, 15) is 9.59 Å². The highest BCUT2D eigenvalue weighted by Gasteiger charge is 2.38. The third kappa shape index (κ3) is 3.27.